The molecule has 1 aromatic carbocycles. The molecule has 0 aromatic heterocycles. The highest BCUT2D eigenvalue weighted by Gasteiger charge is 2.37. The molecular weight excluding hydrogens is 361 g/mol. The third-order valence-electron chi connectivity index (χ3n) is 4.57. The normalized spacial score (nSPS) is 22.2. The van der Waals surface area contributed by atoms with Gasteiger partial charge in [-0.2, -0.15) is 5.10 Å². The molecule has 0 unspecified atom stereocenters. The lowest BCUT2D eigenvalue weighted by Gasteiger charge is -2.27. The summed E-state index contributed by atoms with van der Waals surface area (Å²) < 4.78 is 36.8. The van der Waals surface area contributed by atoms with Crippen LogP contribution in [0.5, 0.6) is 0 Å². The van der Waals surface area contributed by atoms with Crippen molar-refractivity contribution in [2.75, 3.05) is 11.5 Å². The van der Waals surface area contributed by atoms with Crippen molar-refractivity contribution < 1.29 is 22.4 Å². The summed E-state index contributed by atoms with van der Waals surface area (Å²) in [6.45, 7) is 1.80. The quantitative estimate of drug-likeness (QED) is 0.839. The van der Waals surface area contributed by atoms with Gasteiger partial charge in [-0.25, -0.2) is 17.8 Å². The standard InChI is InChI=1S/C17H20FN3O4S/c1-11-2-3-12(8-14(11)18)9-19-17(23)15-4-5-16(22)21(20-15)13-6-7-26(24,25)10-13/h2-3,8,13H,4-7,9-10H2,1H3,(H,19,23)/t13-/m0/s1. The number of rotatable bonds is 4. The van der Waals surface area contributed by atoms with Crippen molar-refractivity contribution in [1.82, 2.24) is 10.3 Å². The average Bonchev–Trinajstić information content (AvgIpc) is 2.96. The van der Waals surface area contributed by atoms with E-state index in [4.69, 9.17) is 0 Å². The van der Waals surface area contributed by atoms with Crippen LogP contribution in [-0.4, -0.2) is 48.5 Å². The molecule has 0 spiro atoms. The first kappa shape index (κ1) is 18.5. The van der Waals surface area contributed by atoms with Gasteiger partial charge < -0.3 is 5.32 Å². The van der Waals surface area contributed by atoms with E-state index in [9.17, 15) is 22.4 Å². The molecule has 1 aromatic rings. The molecule has 7 nitrogen and oxygen atoms in total. The Bertz CT molecular complexity index is 882. The van der Waals surface area contributed by atoms with Crippen LogP contribution in [0.3, 0.4) is 0 Å². The summed E-state index contributed by atoms with van der Waals surface area (Å²) in [5, 5.41) is 7.92. The van der Waals surface area contributed by atoms with E-state index in [0.717, 1.165) is 5.01 Å². The van der Waals surface area contributed by atoms with Crippen molar-refractivity contribution in [2.24, 2.45) is 5.10 Å². The number of sulfone groups is 1. The van der Waals surface area contributed by atoms with E-state index in [1.165, 1.54) is 6.07 Å². The Hall–Kier alpha value is -2.29. The van der Waals surface area contributed by atoms with Gasteiger partial charge in [-0.3, -0.25) is 9.59 Å². The minimum Gasteiger partial charge on any atom is -0.347 e. The van der Waals surface area contributed by atoms with E-state index < -0.39 is 21.8 Å². The number of nitrogens with zero attached hydrogens (tertiary/aromatic N) is 2. The van der Waals surface area contributed by atoms with Crippen LogP contribution in [-0.2, 0) is 26.0 Å². The molecule has 140 valence electrons. The number of hydrogen-bond donors (Lipinski definition) is 1. The number of amides is 2. The Morgan fingerprint density at radius 2 is 2.15 bits per heavy atom. The summed E-state index contributed by atoms with van der Waals surface area (Å²) in [6.07, 6.45) is 0.639. The molecule has 2 amide bonds. The van der Waals surface area contributed by atoms with Crippen molar-refractivity contribution in [3.05, 3.63) is 35.1 Å². The Morgan fingerprint density at radius 3 is 2.81 bits per heavy atom. The number of halogens is 1. The van der Waals surface area contributed by atoms with Gasteiger partial charge in [0.15, 0.2) is 9.84 Å². The molecule has 0 saturated carbocycles. The van der Waals surface area contributed by atoms with E-state index in [-0.39, 0.29) is 48.3 Å². The summed E-state index contributed by atoms with van der Waals surface area (Å²) in [4.78, 5) is 24.4. The number of aryl methyl sites for hydroxylation is 1. The predicted molar refractivity (Wildman–Crippen MR) is 93.6 cm³/mol. The van der Waals surface area contributed by atoms with Gasteiger partial charge in [0.25, 0.3) is 5.91 Å². The molecule has 9 heteroatoms. The van der Waals surface area contributed by atoms with Crippen LogP contribution < -0.4 is 5.32 Å². The second-order valence-corrected chi connectivity index (χ2v) is 8.84. The van der Waals surface area contributed by atoms with E-state index in [1.807, 2.05) is 0 Å². The maximum atomic E-state index is 13.6. The van der Waals surface area contributed by atoms with Crippen LogP contribution in [0.1, 0.15) is 30.4 Å². The number of benzene rings is 1. The smallest absolute Gasteiger partial charge is 0.267 e. The van der Waals surface area contributed by atoms with Crippen molar-refractivity contribution in [2.45, 2.75) is 38.8 Å². The minimum absolute atomic E-state index is 0.0253. The van der Waals surface area contributed by atoms with Gasteiger partial charge in [-0.15, -0.1) is 0 Å². The molecule has 2 aliphatic heterocycles. The van der Waals surface area contributed by atoms with Crippen LogP contribution in [0.15, 0.2) is 23.3 Å². The lowest BCUT2D eigenvalue weighted by Crippen LogP contribution is -2.43. The van der Waals surface area contributed by atoms with E-state index in [0.29, 0.717) is 17.5 Å². The molecule has 0 bridgehead atoms. The zero-order chi connectivity index (χ0) is 18.9. The molecule has 2 aliphatic rings. The summed E-state index contributed by atoms with van der Waals surface area (Å²) in [6, 6.07) is 4.20. The zero-order valence-electron chi connectivity index (χ0n) is 14.4. The zero-order valence-corrected chi connectivity index (χ0v) is 15.2. The fourth-order valence-electron chi connectivity index (χ4n) is 3.02. The molecule has 1 saturated heterocycles. The average molecular weight is 381 g/mol. The maximum absolute atomic E-state index is 13.6. The Balaban J connectivity index is 1.67. The highest BCUT2D eigenvalue weighted by molar-refractivity contribution is 7.91. The number of nitrogens with one attached hydrogen (secondary N) is 1. The molecule has 1 N–H and O–H groups in total. The Kier molecular flexibility index (Phi) is 5.08. The summed E-state index contributed by atoms with van der Waals surface area (Å²) in [7, 11) is -3.16. The van der Waals surface area contributed by atoms with Crippen LogP contribution in [0, 0.1) is 12.7 Å². The SMILES string of the molecule is Cc1ccc(CNC(=O)C2=NN([C@H]3CCS(=O)(=O)C3)C(=O)CC2)cc1F. The maximum Gasteiger partial charge on any atom is 0.267 e. The topological polar surface area (TPSA) is 95.9 Å². The molecule has 1 fully saturated rings. The molecule has 0 radical (unpaired) electrons. The minimum atomic E-state index is -3.16. The molecular formula is C17H20FN3O4S. The van der Waals surface area contributed by atoms with Gasteiger partial charge in [0.1, 0.15) is 11.5 Å². The first-order valence-corrected chi connectivity index (χ1v) is 10.2. The molecule has 1 atom stereocenters. The third kappa shape index (κ3) is 4.09. The third-order valence-corrected chi connectivity index (χ3v) is 6.32. The van der Waals surface area contributed by atoms with Crippen molar-refractivity contribution in [1.29, 1.82) is 0 Å². The van der Waals surface area contributed by atoms with Crippen molar-refractivity contribution >= 4 is 27.4 Å². The Morgan fingerprint density at radius 1 is 1.38 bits per heavy atom. The van der Waals surface area contributed by atoms with Gasteiger partial charge in [0.2, 0.25) is 5.91 Å². The second kappa shape index (κ2) is 7.14. The number of hydrogen-bond acceptors (Lipinski definition) is 5. The van der Waals surface area contributed by atoms with Crippen LogP contribution in [0.2, 0.25) is 0 Å². The first-order chi connectivity index (χ1) is 12.2. The number of carbonyl (C=O) groups excluding carboxylic acids is 2. The highest BCUT2D eigenvalue weighted by Crippen LogP contribution is 2.22. The Labute approximate surface area is 151 Å². The van der Waals surface area contributed by atoms with Crippen molar-refractivity contribution in [3.63, 3.8) is 0 Å². The lowest BCUT2D eigenvalue weighted by atomic mass is 10.1. The van der Waals surface area contributed by atoms with Gasteiger partial charge in [-0.05, 0) is 30.5 Å². The van der Waals surface area contributed by atoms with Crippen LogP contribution >= 0.6 is 0 Å². The van der Waals surface area contributed by atoms with Crippen molar-refractivity contribution in [3.8, 4) is 0 Å². The van der Waals surface area contributed by atoms with Gasteiger partial charge in [-0.1, -0.05) is 12.1 Å². The fourth-order valence-corrected chi connectivity index (χ4v) is 4.71. The molecule has 2 heterocycles. The largest absolute Gasteiger partial charge is 0.347 e. The van der Waals surface area contributed by atoms with Gasteiger partial charge in [0.05, 0.1) is 17.5 Å². The van der Waals surface area contributed by atoms with Gasteiger partial charge >= 0.3 is 0 Å². The predicted octanol–water partition coefficient (Wildman–Crippen LogP) is 0.916. The van der Waals surface area contributed by atoms with Crippen LogP contribution in [0.4, 0.5) is 4.39 Å². The van der Waals surface area contributed by atoms with Crippen LogP contribution in [0.25, 0.3) is 0 Å². The van der Waals surface area contributed by atoms with E-state index >= 15 is 0 Å². The summed E-state index contributed by atoms with van der Waals surface area (Å²) >= 11 is 0. The monoisotopic (exact) mass is 381 g/mol. The van der Waals surface area contributed by atoms with Gasteiger partial charge in [0, 0.05) is 19.4 Å². The molecule has 26 heavy (non-hydrogen) atoms. The second-order valence-electron chi connectivity index (χ2n) is 6.61. The highest BCUT2D eigenvalue weighted by atomic mass is 32.2. The summed E-state index contributed by atoms with van der Waals surface area (Å²) in [5.74, 6) is -1.16. The first-order valence-electron chi connectivity index (χ1n) is 8.38. The summed E-state index contributed by atoms with van der Waals surface area (Å²) in [5.41, 5.74) is 1.33. The lowest BCUT2D eigenvalue weighted by molar-refractivity contribution is -0.133. The number of hydrazone groups is 1. The molecule has 0 aliphatic carbocycles. The van der Waals surface area contributed by atoms with E-state index in [2.05, 4.69) is 10.4 Å². The number of carbonyl (C=O) groups is 2. The molecule has 3 rings (SSSR count). The fraction of sp³-hybridized carbons (Fsp3) is 0.471. The van der Waals surface area contributed by atoms with E-state index in [1.54, 1.807) is 19.1 Å².